The van der Waals surface area contributed by atoms with E-state index in [9.17, 15) is 8.42 Å². The first-order valence-corrected chi connectivity index (χ1v) is 5.51. The molecule has 80 valence electrons. The van der Waals surface area contributed by atoms with Crippen LogP contribution in [0.25, 0.3) is 0 Å². The molecule has 0 saturated carbocycles. The Kier molecular flexibility index (Phi) is 5.07. The summed E-state index contributed by atoms with van der Waals surface area (Å²) in [6, 6.07) is 7.01. The number of sulfonamides is 1. The first kappa shape index (κ1) is 13.4. The first-order valence-electron chi connectivity index (χ1n) is 3.79. The highest BCUT2D eigenvalue weighted by Crippen LogP contribution is 2.05. The molecule has 0 atom stereocenters. The van der Waals surface area contributed by atoms with E-state index in [-0.39, 0.29) is 18.2 Å². The highest BCUT2D eigenvalue weighted by Gasteiger charge is 2.03. The van der Waals surface area contributed by atoms with Crippen LogP contribution < -0.4 is 10.9 Å². The van der Waals surface area contributed by atoms with E-state index in [2.05, 4.69) is 0 Å². The summed E-state index contributed by atoms with van der Waals surface area (Å²) in [5.41, 5.74) is 7.04. The number of hydrogen-bond donors (Lipinski definition) is 2. The Labute approximate surface area is 89.8 Å². The van der Waals surface area contributed by atoms with E-state index in [0.29, 0.717) is 12.1 Å². The lowest BCUT2D eigenvalue weighted by Gasteiger charge is -2.00. The van der Waals surface area contributed by atoms with Gasteiger partial charge in [0, 0.05) is 6.54 Å². The summed E-state index contributed by atoms with van der Waals surface area (Å²) in [7, 11) is -3.43. The fraction of sp³-hybridized carbons (Fsp3) is 0.250. The average molecular weight is 237 g/mol. The van der Waals surface area contributed by atoms with Crippen molar-refractivity contribution in [2.45, 2.75) is 12.3 Å². The number of halogens is 1. The maximum Gasteiger partial charge on any atom is 0.213 e. The Bertz CT molecular complexity index is 375. The molecule has 1 aromatic rings. The van der Waals surface area contributed by atoms with Gasteiger partial charge >= 0.3 is 0 Å². The molecule has 4 nitrogen and oxygen atoms in total. The maximum absolute atomic E-state index is 10.7. The number of benzene rings is 1. The topological polar surface area (TPSA) is 86.2 Å². The second kappa shape index (κ2) is 5.31. The van der Waals surface area contributed by atoms with Crippen LogP contribution in [0.2, 0.25) is 0 Å². The lowest BCUT2D eigenvalue weighted by Crippen LogP contribution is -2.14. The van der Waals surface area contributed by atoms with Crippen LogP contribution >= 0.6 is 12.4 Å². The van der Waals surface area contributed by atoms with Gasteiger partial charge in [0.25, 0.3) is 0 Å². The van der Waals surface area contributed by atoms with Crippen LogP contribution in [-0.2, 0) is 22.3 Å². The Morgan fingerprint density at radius 3 is 1.86 bits per heavy atom. The minimum Gasteiger partial charge on any atom is -0.326 e. The summed E-state index contributed by atoms with van der Waals surface area (Å²) in [6.07, 6.45) is 0. The van der Waals surface area contributed by atoms with Crippen molar-refractivity contribution in [2.24, 2.45) is 10.9 Å². The molecule has 0 aliphatic carbocycles. The molecule has 0 radical (unpaired) electrons. The third kappa shape index (κ3) is 4.57. The molecule has 0 heterocycles. The normalized spacial score (nSPS) is 10.7. The number of rotatable bonds is 3. The second-order valence-corrected chi connectivity index (χ2v) is 4.44. The summed E-state index contributed by atoms with van der Waals surface area (Å²) < 4.78 is 21.4. The Morgan fingerprint density at radius 1 is 1.07 bits per heavy atom. The molecule has 14 heavy (non-hydrogen) atoms. The predicted octanol–water partition coefficient (Wildman–Crippen LogP) is 0.356. The Morgan fingerprint density at radius 2 is 1.50 bits per heavy atom. The molecule has 6 heteroatoms. The van der Waals surface area contributed by atoms with Crippen molar-refractivity contribution in [1.29, 1.82) is 0 Å². The van der Waals surface area contributed by atoms with Gasteiger partial charge in [-0.25, -0.2) is 13.6 Å². The minimum atomic E-state index is -3.43. The molecule has 0 amide bonds. The van der Waals surface area contributed by atoms with Gasteiger partial charge < -0.3 is 5.73 Å². The Hall–Kier alpha value is -0.620. The van der Waals surface area contributed by atoms with Gasteiger partial charge in [0.15, 0.2) is 0 Å². The van der Waals surface area contributed by atoms with E-state index in [1.54, 1.807) is 24.3 Å². The zero-order chi connectivity index (χ0) is 9.90. The number of hydrogen-bond acceptors (Lipinski definition) is 3. The van der Waals surface area contributed by atoms with E-state index < -0.39 is 10.0 Å². The van der Waals surface area contributed by atoms with Gasteiger partial charge in [-0.05, 0) is 11.1 Å². The molecular weight excluding hydrogens is 224 g/mol. The van der Waals surface area contributed by atoms with E-state index in [1.807, 2.05) is 0 Å². The molecule has 1 rings (SSSR count). The predicted molar refractivity (Wildman–Crippen MR) is 58.4 cm³/mol. The molecule has 0 saturated heterocycles. The average Bonchev–Trinajstić information content (AvgIpc) is 2.03. The molecule has 0 bridgehead atoms. The van der Waals surface area contributed by atoms with Crippen LogP contribution in [0.15, 0.2) is 24.3 Å². The van der Waals surface area contributed by atoms with E-state index in [1.165, 1.54) is 0 Å². The molecule has 0 aliphatic heterocycles. The van der Waals surface area contributed by atoms with Crippen molar-refractivity contribution >= 4 is 22.4 Å². The van der Waals surface area contributed by atoms with Crippen molar-refractivity contribution in [3.8, 4) is 0 Å². The summed E-state index contributed by atoms with van der Waals surface area (Å²) in [5, 5.41) is 4.89. The molecular formula is C8H13ClN2O2S. The van der Waals surface area contributed by atoms with Crippen molar-refractivity contribution in [3.05, 3.63) is 35.4 Å². The SMILES string of the molecule is Cl.NCc1ccc(CS(N)(=O)=O)cc1. The van der Waals surface area contributed by atoms with Gasteiger partial charge in [0.1, 0.15) is 0 Å². The van der Waals surface area contributed by atoms with Gasteiger partial charge in [0.2, 0.25) is 10.0 Å². The van der Waals surface area contributed by atoms with Gasteiger partial charge in [-0.2, -0.15) is 0 Å². The van der Waals surface area contributed by atoms with Gasteiger partial charge in [-0.1, -0.05) is 24.3 Å². The lowest BCUT2D eigenvalue weighted by atomic mass is 10.1. The van der Waals surface area contributed by atoms with Crippen molar-refractivity contribution in [1.82, 2.24) is 0 Å². The van der Waals surface area contributed by atoms with Crippen LogP contribution in [0.3, 0.4) is 0 Å². The van der Waals surface area contributed by atoms with Crippen LogP contribution in [0, 0.1) is 0 Å². The fourth-order valence-electron chi connectivity index (χ4n) is 1.00. The first-order chi connectivity index (χ1) is 6.01. The van der Waals surface area contributed by atoms with Crippen LogP contribution in [0.1, 0.15) is 11.1 Å². The van der Waals surface area contributed by atoms with Crippen molar-refractivity contribution in [3.63, 3.8) is 0 Å². The molecule has 0 unspecified atom stereocenters. The molecule has 1 aromatic carbocycles. The highest BCUT2D eigenvalue weighted by molar-refractivity contribution is 7.88. The van der Waals surface area contributed by atoms with E-state index in [4.69, 9.17) is 10.9 Å². The smallest absolute Gasteiger partial charge is 0.213 e. The fourth-order valence-corrected chi connectivity index (χ4v) is 1.66. The summed E-state index contributed by atoms with van der Waals surface area (Å²) in [6.45, 7) is 0.454. The summed E-state index contributed by atoms with van der Waals surface area (Å²) in [5.74, 6) is -0.127. The number of nitrogens with two attached hydrogens (primary N) is 2. The van der Waals surface area contributed by atoms with Gasteiger partial charge in [-0.3, -0.25) is 0 Å². The minimum absolute atomic E-state index is 0. The third-order valence-electron chi connectivity index (χ3n) is 1.63. The largest absolute Gasteiger partial charge is 0.326 e. The molecule has 0 fully saturated rings. The molecule has 0 aromatic heterocycles. The number of primary sulfonamides is 1. The molecule has 4 N–H and O–H groups in total. The van der Waals surface area contributed by atoms with Crippen molar-refractivity contribution in [2.75, 3.05) is 0 Å². The zero-order valence-electron chi connectivity index (χ0n) is 7.51. The summed E-state index contributed by atoms with van der Waals surface area (Å²) >= 11 is 0. The highest BCUT2D eigenvalue weighted by atomic mass is 35.5. The van der Waals surface area contributed by atoms with Crippen LogP contribution in [-0.4, -0.2) is 8.42 Å². The molecule has 0 aliphatic rings. The van der Waals surface area contributed by atoms with Crippen LogP contribution in [0.4, 0.5) is 0 Å². The zero-order valence-corrected chi connectivity index (χ0v) is 9.14. The second-order valence-electron chi connectivity index (χ2n) is 2.83. The Balaban J connectivity index is 0.00000169. The molecule has 0 spiro atoms. The standard InChI is InChI=1S/C8H12N2O2S.ClH/c9-5-7-1-3-8(4-2-7)6-13(10,11)12;/h1-4H,5-6,9H2,(H2,10,11,12);1H. The van der Waals surface area contributed by atoms with Crippen molar-refractivity contribution < 1.29 is 8.42 Å². The quantitative estimate of drug-likeness (QED) is 0.794. The lowest BCUT2D eigenvalue weighted by molar-refractivity contribution is 0.597. The summed E-state index contributed by atoms with van der Waals surface area (Å²) in [4.78, 5) is 0. The van der Waals surface area contributed by atoms with E-state index in [0.717, 1.165) is 5.56 Å². The third-order valence-corrected chi connectivity index (χ3v) is 2.36. The van der Waals surface area contributed by atoms with Crippen LogP contribution in [0.5, 0.6) is 0 Å². The van der Waals surface area contributed by atoms with Gasteiger partial charge in [-0.15, -0.1) is 12.4 Å². The van der Waals surface area contributed by atoms with Gasteiger partial charge in [0.05, 0.1) is 5.75 Å². The van der Waals surface area contributed by atoms with E-state index >= 15 is 0 Å². The maximum atomic E-state index is 10.7. The monoisotopic (exact) mass is 236 g/mol.